The molecule has 0 aliphatic carbocycles. The third-order valence-electron chi connectivity index (χ3n) is 3.29. The maximum Gasteiger partial charge on any atom is 0.252 e. The first-order valence-electron chi connectivity index (χ1n) is 6.24. The molecule has 1 N–H and O–H groups in total. The van der Waals surface area contributed by atoms with Crippen LogP contribution in [0.2, 0.25) is 0 Å². The van der Waals surface area contributed by atoms with Crippen molar-refractivity contribution in [2.24, 2.45) is 0 Å². The number of ketones is 1. The summed E-state index contributed by atoms with van der Waals surface area (Å²) in [6, 6.07) is 4.84. The Morgan fingerprint density at radius 1 is 1.36 bits per heavy atom. The van der Waals surface area contributed by atoms with E-state index in [1.165, 1.54) is 24.7 Å². The second-order valence-electron chi connectivity index (χ2n) is 4.61. The number of rotatable bonds is 2. The van der Waals surface area contributed by atoms with Crippen LogP contribution in [0.4, 0.5) is 5.82 Å². The molecule has 2 aromatic heterocycles. The Morgan fingerprint density at radius 3 is 2.82 bits per heavy atom. The van der Waals surface area contributed by atoms with Crippen molar-refractivity contribution in [3.8, 4) is 0 Å². The van der Waals surface area contributed by atoms with Crippen LogP contribution in [0.1, 0.15) is 9.67 Å². The maximum atomic E-state index is 12.4. The Kier molecular flexibility index (Phi) is 3.55. The Hall–Kier alpha value is -2.10. The standard InChI is InChI=1S/C13H11N3O4S2/c1-16-10(13(18)15-9-4-2-3-6-14-9)11(17)12-8(5-7-21-12)22(16,19)20/h2-7,10H,1H3,(H,14,15,18)/t10-/m1/s1. The van der Waals surface area contributed by atoms with Crippen molar-refractivity contribution < 1.29 is 18.0 Å². The fourth-order valence-corrected chi connectivity index (χ4v) is 4.83. The fourth-order valence-electron chi connectivity index (χ4n) is 2.18. The zero-order chi connectivity index (χ0) is 15.9. The molecular weight excluding hydrogens is 326 g/mol. The average Bonchev–Trinajstić information content (AvgIpc) is 2.97. The number of fused-ring (bicyclic) bond motifs is 1. The Balaban J connectivity index is 1.98. The van der Waals surface area contributed by atoms with E-state index in [0.717, 1.165) is 15.6 Å². The highest BCUT2D eigenvalue weighted by Gasteiger charge is 2.46. The largest absolute Gasteiger partial charge is 0.309 e. The summed E-state index contributed by atoms with van der Waals surface area (Å²) in [6.45, 7) is 0. The van der Waals surface area contributed by atoms with E-state index >= 15 is 0 Å². The minimum atomic E-state index is -3.86. The van der Waals surface area contributed by atoms with E-state index in [0.29, 0.717) is 0 Å². The molecule has 2 aromatic rings. The van der Waals surface area contributed by atoms with Crippen LogP contribution < -0.4 is 5.32 Å². The fraction of sp³-hybridized carbons (Fsp3) is 0.154. The molecule has 3 rings (SSSR count). The van der Waals surface area contributed by atoms with E-state index in [-0.39, 0.29) is 15.6 Å². The van der Waals surface area contributed by atoms with Gasteiger partial charge in [-0.2, -0.15) is 4.31 Å². The van der Waals surface area contributed by atoms with Crippen LogP contribution in [-0.4, -0.2) is 42.5 Å². The first-order chi connectivity index (χ1) is 10.4. The van der Waals surface area contributed by atoms with E-state index in [1.807, 2.05) is 0 Å². The van der Waals surface area contributed by atoms with Gasteiger partial charge in [0.15, 0.2) is 6.04 Å². The van der Waals surface area contributed by atoms with Crippen molar-refractivity contribution in [3.05, 3.63) is 40.7 Å². The van der Waals surface area contributed by atoms with Gasteiger partial charge in [-0.25, -0.2) is 13.4 Å². The number of nitrogens with zero attached hydrogens (tertiary/aromatic N) is 2. The van der Waals surface area contributed by atoms with E-state index in [4.69, 9.17) is 0 Å². The predicted octanol–water partition coefficient (Wildman–Crippen LogP) is 0.967. The van der Waals surface area contributed by atoms with Gasteiger partial charge in [-0.15, -0.1) is 11.3 Å². The molecule has 9 heteroatoms. The average molecular weight is 337 g/mol. The van der Waals surface area contributed by atoms with Crippen molar-refractivity contribution in [1.82, 2.24) is 9.29 Å². The normalized spacial score (nSPS) is 20.4. The number of pyridine rings is 1. The number of carbonyl (C=O) groups is 2. The number of hydrogen-bond acceptors (Lipinski definition) is 6. The minimum absolute atomic E-state index is 0.0492. The van der Waals surface area contributed by atoms with Crippen LogP contribution in [0.25, 0.3) is 0 Å². The molecule has 0 spiro atoms. The molecule has 22 heavy (non-hydrogen) atoms. The molecule has 3 heterocycles. The van der Waals surface area contributed by atoms with E-state index in [9.17, 15) is 18.0 Å². The molecule has 0 fully saturated rings. The summed E-state index contributed by atoms with van der Waals surface area (Å²) in [5.41, 5.74) is 0. The maximum absolute atomic E-state index is 12.4. The van der Waals surface area contributed by atoms with Crippen molar-refractivity contribution in [3.63, 3.8) is 0 Å². The van der Waals surface area contributed by atoms with Gasteiger partial charge in [-0.3, -0.25) is 9.59 Å². The van der Waals surface area contributed by atoms with E-state index in [1.54, 1.807) is 18.2 Å². The van der Waals surface area contributed by atoms with Gasteiger partial charge < -0.3 is 5.32 Å². The molecule has 0 unspecified atom stereocenters. The van der Waals surface area contributed by atoms with Crippen LogP contribution in [0.5, 0.6) is 0 Å². The molecule has 0 saturated heterocycles. The smallest absolute Gasteiger partial charge is 0.252 e. The van der Waals surface area contributed by atoms with Crippen LogP contribution in [-0.2, 0) is 14.8 Å². The number of anilines is 1. The lowest BCUT2D eigenvalue weighted by Gasteiger charge is -2.29. The third-order valence-corrected chi connectivity index (χ3v) is 6.21. The van der Waals surface area contributed by atoms with E-state index < -0.39 is 27.8 Å². The quantitative estimate of drug-likeness (QED) is 0.824. The molecule has 0 radical (unpaired) electrons. The highest BCUT2D eigenvalue weighted by atomic mass is 32.2. The Labute approximate surface area is 130 Å². The van der Waals surface area contributed by atoms with Crippen LogP contribution in [0.15, 0.2) is 40.7 Å². The lowest BCUT2D eigenvalue weighted by molar-refractivity contribution is -0.118. The number of Topliss-reactive ketones (excluding diaryl/α,β-unsaturated/α-hetero) is 1. The molecule has 0 aromatic carbocycles. The molecule has 1 amide bonds. The number of thiophene rings is 1. The van der Waals surface area contributed by atoms with Crippen molar-refractivity contribution >= 4 is 38.9 Å². The van der Waals surface area contributed by atoms with Crippen LogP contribution >= 0.6 is 11.3 Å². The number of carbonyl (C=O) groups excluding carboxylic acids is 2. The van der Waals surface area contributed by atoms with Crippen molar-refractivity contribution in [1.29, 1.82) is 0 Å². The number of sulfonamides is 1. The molecular formula is C13H11N3O4S2. The summed E-state index contributed by atoms with van der Waals surface area (Å²) in [5.74, 6) is -1.01. The van der Waals surface area contributed by atoms with Gasteiger partial charge in [0.2, 0.25) is 15.8 Å². The first-order valence-corrected chi connectivity index (χ1v) is 8.56. The lowest BCUT2D eigenvalue weighted by Crippen LogP contribution is -2.52. The highest BCUT2D eigenvalue weighted by molar-refractivity contribution is 7.89. The summed E-state index contributed by atoms with van der Waals surface area (Å²) >= 11 is 1.01. The second kappa shape index (κ2) is 5.27. The summed E-state index contributed by atoms with van der Waals surface area (Å²) in [7, 11) is -2.64. The monoisotopic (exact) mass is 337 g/mol. The van der Waals surface area contributed by atoms with Crippen molar-refractivity contribution in [2.45, 2.75) is 10.9 Å². The number of aromatic nitrogens is 1. The summed E-state index contributed by atoms with van der Waals surface area (Å²) in [5, 5.41) is 3.98. The topological polar surface area (TPSA) is 96.4 Å². The van der Waals surface area contributed by atoms with Gasteiger partial charge in [0.05, 0.1) is 4.88 Å². The van der Waals surface area contributed by atoms with Gasteiger partial charge in [-0.05, 0) is 23.6 Å². The molecule has 1 aliphatic heterocycles. The molecule has 1 atom stereocenters. The SMILES string of the molecule is CN1[C@@H](C(=O)Nc2ccccn2)C(=O)c2sccc2S1(=O)=O. The Morgan fingerprint density at radius 2 is 2.14 bits per heavy atom. The Bertz CT molecular complexity index is 845. The van der Waals surface area contributed by atoms with Gasteiger partial charge >= 0.3 is 0 Å². The number of likely N-dealkylation sites (N-methyl/N-ethyl adjacent to an activating group) is 1. The molecule has 1 aliphatic rings. The number of amides is 1. The summed E-state index contributed by atoms with van der Waals surface area (Å²) in [4.78, 5) is 28.7. The van der Waals surface area contributed by atoms with Gasteiger partial charge in [0.25, 0.3) is 5.91 Å². The summed E-state index contributed by atoms with van der Waals surface area (Å²) < 4.78 is 25.5. The zero-order valence-corrected chi connectivity index (χ0v) is 13.0. The second-order valence-corrected chi connectivity index (χ2v) is 7.49. The van der Waals surface area contributed by atoms with Gasteiger partial charge in [0.1, 0.15) is 10.7 Å². The molecule has 114 valence electrons. The predicted molar refractivity (Wildman–Crippen MR) is 80.3 cm³/mol. The third kappa shape index (κ3) is 2.23. The molecule has 0 saturated carbocycles. The van der Waals surface area contributed by atoms with Gasteiger partial charge in [0, 0.05) is 13.2 Å². The first kappa shape index (κ1) is 14.8. The highest BCUT2D eigenvalue weighted by Crippen LogP contribution is 2.32. The molecule has 0 bridgehead atoms. The lowest BCUT2D eigenvalue weighted by atomic mass is 10.1. The number of hydrogen-bond donors (Lipinski definition) is 1. The zero-order valence-electron chi connectivity index (χ0n) is 11.4. The minimum Gasteiger partial charge on any atom is -0.309 e. The van der Waals surface area contributed by atoms with Crippen molar-refractivity contribution in [2.75, 3.05) is 12.4 Å². The summed E-state index contributed by atoms with van der Waals surface area (Å²) in [6.07, 6.45) is 1.48. The van der Waals surface area contributed by atoms with Crippen LogP contribution in [0.3, 0.4) is 0 Å². The molecule has 7 nitrogen and oxygen atoms in total. The van der Waals surface area contributed by atoms with Gasteiger partial charge in [-0.1, -0.05) is 6.07 Å². The van der Waals surface area contributed by atoms with E-state index in [2.05, 4.69) is 10.3 Å². The van der Waals surface area contributed by atoms with Crippen LogP contribution in [0, 0.1) is 0 Å². The number of nitrogens with one attached hydrogen (secondary N) is 1.